The van der Waals surface area contributed by atoms with Crippen LogP contribution in [0.25, 0.3) is 67.3 Å². The van der Waals surface area contributed by atoms with Gasteiger partial charge in [-0.25, -0.2) is 82.8 Å². The van der Waals surface area contributed by atoms with Crippen LogP contribution >= 0.6 is 34.8 Å². The molecule has 1 amide bonds. The van der Waals surface area contributed by atoms with Crippen LogP contribution in [0.2, 0.25) is 15.1 Å². The van der Waals surface area contributed by atoms with Crippen LogP contribution in [0.4, 0.5) is 13.2 Å². The van der Waals surface area contributed by atoms with E-state index >= 15 is 0 Å². The zero-order chi connectivity index (χ0) is 66.0. The molecule has 9 aromatic heterocycles. The molecule has 20 nitrogen and oxygen atoms in total. The van der Waals surface area contributed by atoms with Crippen molar-refractivity contribution in [1.29, 1.82) is 0 Å². The van der Waals surface area contributed by atoms with E-state index in [9.17, 15) is 39.0 Å². The van der Waals surface area contributed by atoms with Crippen LogP contribution in [-0.4, -0.2) is 103 Å². The van der Waals surface area contributed by atoms with Gasteiger partial charge in [0.1, 0.15) is 5.65 Å². The molecule has 9 heterocycles. The second-order valence-electron chi connectivity index (χ2n) is 22.9. The van der Waals surface area contributed by atoms with E-state index in [0.29, 0.717) is 56.4 Å². The van der Waals surface area contributed by atoms with Crippen LogP contribution in [0.5, 0.6) is 0 Å². The molecule has 2 fully saturated rings. The number of nitrogens with one attached hydrogen (secondary N) is 2. The number of aromatic amines is 1. The summed E-state index contributed by atoms with van der Waals surface area (Å²) in [4.78, 5) is 52.8. The Kier molecular flexibility index (Phi) is 19.9. The maximum absolute atomic E-state index is 14.7. The quantitative estimate of drug-likeness (QED) is 0.0905. The Morgan fingerprint density at radius 1 is 0.602 bits per heavy atom. The number of amides is 1. The van der Waals surface area contributed by atoms with Crippen molar-refractivity contribution in [1.82, 2.24) is 63.1 Å². The van der Waals surface area contributed by atoms with Crippen LogP contribution in [0.15, 0.2) is 137 Å². The van der Waals surface area contributed by atoms with Gasteiger partial charge in [0, 0.05) is 95.3 Å². The summed E-state index contributed by atoms with van der Waals surface area (Å²) in [5.74, 6) is -0.847. The number of aromatic nitrogens is 12. The van der Waals surface area contributed by atoms with Crippen molar-refractivity contribution in [3.05, 3.63) is 178 Å². The van der Waals surface area contributed by atoms with Crippen molar-refractivity contribution in [2.75, 3.05) is 6.26 Å². The number of carbonyl (C=O) groups is 1. The van der Waals surface area contributed by atoms with Crippen LogP contribution in [0, 0.1) is 43.1 Å². The van der Waals surface area contributed by atoms with E-state index in [1.165, 1.54) is 62.4 Å². The lowest BCUT2D eigenvalue weighted by Gasteiger charge is -2.31. The molecule has 0 aliphatic heterocycles. The van der Waals surface area contributed by atoms with Crippen molar-refractivity contribution < 1.29 is 39.0 Å². The Bertz CT molecular complexity index is 4910. The fourth-order valence-electron chi connectivity index (χ4n) is 11.6. The Morgan fingerprint density at radius 2 is 1.04 bits per heavy atom. The molecule has 93 heavy (non-hydrogen) atoms. The van der Waals surface area contributed by atoms with Gasteiger partial charge in [0.25, 0.3) is 20.0 Å². The van der Waals surface area contributed by atoms with Gasteiger partial charge < -0.3 is 16.0 Å². The molecule has 11 aromatic rings. The minimum absolute atomic E-state index is 0.00568. The van der Waals surface area contributed by atoms with Crippen molar-refractivity contribution in [2.24, 2.45) is 17.6 Å². The fraction of sp³-hybridized carbons (Fsp3) is 0.281. The number of pyridine rings is 3. The average Bonchev–Trinajstić information content (AvgIpc) is 1.62. The SMILES string of the molecule is CC(=O)N[C@H]1CCCC[C@@H]1Cc1nc(-c2c[nH]c3ncc(Cl)cc23)ncc1F.Cc1ccc(S(=O)(=O)n2cc(-c3ncc(F)c(C[C@H]4CCCC[C@@H]4N)n3)c3cc(Cl)cnc32)cc1.Cc1ccc(S(=O)(=O)n2cc(-c3ncc(F)c(S(C)=O)n3)c3cc(Cl)cnc32)cc1. The lowest BCUT2D eigenvalue weighted by molar-refractivity contribution is -0.120. The second kappa shape index (κ2) is 27.8. The molecule has 2 aliphatic carbocycles. The van der Waals surface area contributed by atoms with Crippen molar-refractivity contribution in [3.8, 4) is 34.2 Å². The average molecular weight is 1380 g/mol. The number of hydrogen-bond acceptors (Lipinski definition) is 16. The highest BCUT2D eigenvalue weighted by molar-refractivity contribution is 7.90. The lowest BCUT2D eigenvalue weighted by Crippen LogP contribution is -2.42. The Balaban J connectivity index is 0.000000144. The first-order chi connectivity index (χ1) is 44.4. The normalized spacial score (nSPS) is 17.2. The van der Waals surface area contributed by atoms with Crippen LogP contribution < -0.4 is 11.1 Å². The molecule has 0 spiro atoms. The Labute approximate surface area is 550 Å². The monoisotopic (exact) mass is 1380 g/mol. The van der Waals surface area contributed by atoms with Crippen molar-refractivity contribution in [2.45, 2.75) is 112 Å². The number of rotatable bonds is 13. The molecule has 2 saturated carbocycles. The van der Waals surface area contributed by atoms with E-state index < -0.39 is 48.3 Å². The molecular weight excluding hydrogens is 1320 g/mol. The standard InChI is InChI=1S/C25H25ClFN5O2S.C20H21ClFN5O.C19H14ClFN4O3S2/c1-15-6-8-18(9-7-15)35(33,34)32-14-20(19-11-17(26)12-30-25(19)32)24-29-13-21(27)23(31-24)10-16-4-2-3-5-22(16)28;1-11(28)26-17-5-3-2-4-12(17)6-18-16(22)10-25-20(27-18)15-9-24-19-14(15)7-13(21)8-23-19;1-11-3-5-13(6-4-11)30(27,28)25-10-15(14-7-12(20)8-23-18(14)25)17-22-9-16(21)19(24-17)29(2)26/h6-9,11-14,16,22H,2-5,10,28H2,1H3;7-10,12,17H,2-6H2,1H3,(H,23,24)(H,26,28);3-10H,1-2H3/t16-,22+;12-,17+;/m11./s1. The molecule has 2 aromatic carbocycles. The third kappa shape index (κ3) is 14.5. The topological polar surface area (TPSA) is 282 Å². The predicted molar refractivity (Wildman–Crippen MR) is 350 cm³/mol. The van der Waals surface area contributed by atoms with Gasteiger partial charge in [-0.3, -0.25) is 9.00 Å². The number of aryl methyl sites for hydroxylation is 2. The fourth-order valence-corrected chi connectivity index (χ4v) is 15.2. The molecular formula is C64H60Cl3F3N14O6S3. The largest absolute Gasteiger partial charge is 0.353 e. The summed E-state index contributed by atoms with van der Waals surface area (Å²) in [6.45, 7) is 5.25. The molecule has 5 atom stereocenters. The summed E-state index contributed by atoms with van der Waals surface area (Å²) in [5, 5.41) is 5.46. The number of nitrogens with zero attached hydrogens (tertiary/aromatic N) is 11. The van der Waals surface area contributed by atoms with E-state index in [1.54, 1.807) is 60.9 Å². The molecule has 1 unspecified atom stereocenters. The Hall–Kier alpha value is -8.11. The Morgan fingerprint density at radius 3 is 1.55 bits per heavy atom. The number of nitrogens with two attached hydrogens (primary N) is 1. The second-order valence-corrected chi connectivity index (χ2v) is 29.1. The molecule has 0 radical (unpaired) electrons. The smallest absolute Gasteiger partial charge is 0.269 e. The van der Waals surface area contributed by atoms with Gasteiger partial charge in [0.15, 0.2) is 51.2 Å². The maximum Gasteiger partial charge on any atom is 0.269 e. The first-order valence-corrected chi connectivity index (χ1v) is 35.0. The van der Waals surface area contributed by atoms with Crippen molar-refractivity contribution in [3.63, 3.8) is 0 Å². The highest BCUT2D eigenvalue weighted by Crippen LogP contribution is 2.37. The summed E-state index contributed by atoms with van der Waals surface area (Å²) >= 11 is 18.3. The molecule has 4 N–H and O–H groups in total. The molecule has 29 heteroatoms. The number of carbonyl (C=O) groups excluding carboxylic acids is 1. The number of benzene rings is 2. The molecule has 2 aliphatic rings. The first-order valence-electron chi connectivity index (χ1n) is 29.5. The molecule has 13 rings (SSSR count). The van der Waals surface area contributed by atoms with Gasteiger partial charge >= 0.3 is 0 Å². The van der Waals surface area contributed by atoms with Crippen molar-refractivity contribution >= 4 is 105 Å². The van der Waals surface area contributed by atoms with Crippen LogP contribution in [0.1, 0.15) is 80.8 Å². The van der Waals surface area contributed by atoms with E-state index in [1.807, 2.05) is 13.8 Å². The maximum atomic E-state index is 14.7. The van der Waals surface area contributed by atoms with Gasteiger partial charge in [-0.15, -0.1) is 0 Å². The number of hydrogen-bond donors (Lipinski definition) is 3. The van der Waals surface area contributed by atoms with E-state index in [-0.39, 0.29) is 83.9 Å². The molecule has 482 valence electrons. The summed E-state index contributed by atoms with van der Waals surface area (Å²) in [5.41, 5.74) is 11.1. The zero-order valence-electron chi connectivity index (χ0n) is 50.4. The van der Waals surface area contributed by atoms with Gasteiger partial charge in [-0.1, -0.05) is 95.9 Å². The van der Waals surface area contributed by atoms with E-state index in [0.717, 1.165) is 93.8 Å². The first kappa shape index (κ1) is 66.3. The number of halogens is 6. The van der Waals surface area contributed by atoms with E-state index in [2.05, 4.69) is 55.2 Å². The van der Waals surface area contributed by atoms with E-state index in [4.69, 9.17) is 40.5 Å². The summed E-state index contributed by atoms with van der Waals surface area (Å²) in [6.07, 6.45) is 22.1. The summed E-state index contributed by atoms with van der Waals surface area (Å²) < 4.78 is 110. The molecule has 0 saturated heterocycles. The van der Waals surface area contributed by atoms with Gasteiger partial charge in [0.2, 0.25) is 5.91 Å². The predicted octanol–water partition coefficient (Wildman–Crippen LogP) is 12.5. The molecule has 0 bridgehead atoms. The van der Waals surface area contributed by atoms with Gasteiger partial charge in [-0.05, 0) is 107 Å². The number of fused-ring (bicyclic) bond motifs is 3. The third-order valence-corrected chi connectivity index (χ3v) is 21.1. The number of H-pyrrole nitrogens is 1. The summed E-state index contributed by atoms with van der Waals surface area (Å²) in [6, 6.07) is 17.9. The van der Waals surface area contributed by atoms with Crippen LogP contribution in [-0.2, 0) is 48.5 Å². The van der Waals surface area contributed by atoms with Crippen LogP contribution in [0.3, 0.4) is 0 Å². The zero-order valence-corrected chi connectivity index (χ0v) is 55.1. The lowest BCUT2D eigenvalue weighted by atomic mass is 9.81. The third-order valence-electron chi connectivity index (χ3n) is 16.3. The highest BCUT2D eigenvalue weighted by atomic mass is 35.5. The minimum Gasteiger partial charge on any atom is -0.353 e. The minimum atomic E-state index is -4.00. The van der Waals surface area contributed by atoms with Gasteiger partial charge in [-0.2, -0.15) is 0 Å². The highest BCUT2D eigenvalue weighted by Gasteiger charge is 2.31. The van der Waals surface area contributed by atoms with Gasteiger partial charge in [0.05, 0.1) is 65.6 Å². The summed E-state index contributed by atoms with van der Waals surface area (Å²) in [7, 11) is -9.66.